The van der Waals surface area contributed by atoms with Crippen molar-refractivity contribution in [3.8, 4) is 11.5 Å². The normalized spacial score (nSPS) is 14.9. The Bertz CT molecular complexity index is 495. The van der Waals surface area contributed by atoms with Gasteiger partial charge < -0.3 is 9.47 Å². The molecule has 0 atom stereocenters. The molecule has 3 nitrogen and oxygen atoms in total. The number of fused-ring (bicyclic) bond motifs is 1. The molecule has 0 saturated heterocycles. The zero-order chi connectivity index (χ0) is 14.0. The number of rotatable bonds is 2. The lowest BCUT2D eigenvalue weighted by Gasteiger charge is -2.16. The second-order valence-corrected chi connectivity index (χ2v) is 4.38. The van der Waals surface area contributed by atoms with Crippen LogP contribution in [0.25, 0.3) is 0 Å². The molecule has 0 bridgehead atoms. The summed E-state index contributed by atoms with van der Waals surface area (Å²) in [5.41, 5.74) is -0.920. The molecule has 0 aliphatic carbocycles. The fourth-order valence-electron chi connectivity index (χ4n) is 1.93. The van der Waals surface area contributed by atoms with Crippen LogP contribution in [-0.2, 0) is 17.4 Å². The van der Waals surface area contributed by atoms with Crippen LogP contribution in [-0.4, -0.2) is 19.0 Å². The van der Waals surface area contributed by atoms with Gasteiger partial charge in [0.1, 0.15) is 5.78 Å². The van der Waals surface area contributed by atoms with E-state index in [4.69, 9.17) is 9.47 Å². The Morgan fingerprint density at radius 2 is 1.79 bits per heavy atom. The summed E-state index contributed by atoms with van der Waals surface area (Å²) in [6.07, 6.45) is -4.18. The molecule has 1 aliphatic rings. The first-order chi connectivity index (χ1) is 8.88. The molecule has 0 radical (unpaired) electrons. The topological polar surface area (TPSA) is 35.5 Å². The smallest absolute Gasteiger partial charge is 0.416 e. The van der Waals surface area contributed by atoms with Gasteiger partial charge in [-0.05, 0) is 24.6 Å². The average Bonchev–Trinajstić information content (AvgIpc) is 2.50. The van der Waals surface area contributed by atoms with Crippen molar-refractivity contribution in [2.24, 2.45) is 0 Å². The highest BCUT2D eigenvalue weighted by Gasteiger charge is 2.35. The van der Waals surface area contributed by atoms with Crippen LogP contribution in [0.4, 0.5) is 13.2 Å². The van der Waals surface area contributed by atoms with E-state index >= 15 is 0 Å². The second-order valence-electron chi connectivity index (χ2n) is 4.38. The van der Waals surface area contributed by atoms with E-state index in [9.17, 15) is 18.0 Å². The Morgan fingerprint density at radius 3 is 2.32 bits per heavy atom. The summed E-state index contributed by atoms with van der Waals surface area (Å²) in [6, 6.07) is 2.17. The minimum absolute atomic E-state index is 0.0794. The van der Waals surface area contributed by atoms with Gasteiger partial charge in [0.05, 0.1) is 18.8 Å². The van der Waals surface area contributed by atoms with Crippen molar-refractivity contribution >= 4 is 5.78 Å². The van der Waals surface area contributed by atoms with Gasteiger partial charge in [0, 0.05) is 12.8 Å². The number of hydrogen-bond donors (Lipinski definition) is 0. The predicted octanol–water partition coefficient (Wildman–Crippen LogP) is 3.00. The van der Waals surface area contributed by atoms with E-state index in [0.717, 1.165) is 6.07 Å². The predicted molar refractivity (Wildman–Crippen MR) is 61.4 cm³/mol. The quantitative estimate of drug-likeness (QED) is 0.831. The Balaban J connectivity index is 2.50. The Morgan fingerprint density at radius 1 is 1.21 bits per heavy atom. The van der Waals surface area contributed by atoms with Gasteiger partial charge in [0.25, 0.3) is 0 Å². The van der Waals surface area contributed by atoms with Crippen LogP contribution in [0.1, 0.15) is 24.5 Å². The number of hydrogen-bond acceptors (Lipinski definition) is 3. The van der Waals surface area contributed by atoms with Gasteiger partial charge in [-0.3, -0.25) is 4.79 Å². The molecule has 0 fully saturated rings. The molecule has 104 valence electrons. The zero-order valence-corrected chi connectivity index (χ0v) is 10.3. The number of carbonyl (C=O) groups excluding carboxylic acids is 1. The molecular weight excluding hydrogens is 261 g/mol. The molecule has 2 rings (SSSR count). The molecule has 1 aromatic rings. The average molecular weight is 274 g/mol. The summed E-state index contributed by atoms with van der Waals surface area (Å²) < 4.78 is 49.5. The van der Waals surface area contributed by atoms with Gasteiger partial charge in [0.15, 0.2) is 11.5 Å². The number of carbonyl (C=O) groups is 1. The monoisotopic (exact) mass is 274 g/mol. The Hall–Kier alpha value is -1.72. The largest absolute Gasteiger partial charge is 0.490 e. The molecular formula is C13H13F3O3. The van der Waals surface area contributed by atoms with Crippen molar-refractivity contribution in [1.29, 1.82) is 0 Å². The molecule has 1 aliphatic heterocycles. The van der Waals surface area contributed by atoms with E-state index in [2.05, 4.69) is 0 Å². The van der Waals surface area contributed by atoms with Crippen LogP contribution in [0, 0.1) is 0 Å². The zero-order valence-electron chi connectivity index (χ0n) is 10.3. The van der Waals surface area contributed by atoms with Gasteiger partial charge >= 0.3 is 6.18 Å². The van der Waals surface area contributed by atoms with Crippen LogP contribution in [0.5, 0.6) is 11.5 Å². The van der Waals surface area contributed by atoms with Crippen LogP contribution in [0.2, 0.25) is 0 Å². The number of ketones is 1. The van der Waals surface area contributed by atoms with Gasteiger partial charge in [-0.2, -0.15) is 13.2 Å². The van der Waals surface area contributed by atoms with Crippen molar-refractivity contribution < 1.29 is 27.4 Å². The maximum atomic E-state index is 13.0. The SMILES string of the molecule is CC(=O)Cc1cc2c(cc1C(F)(F)F)OCCCO2. The van der Waals surface area contributed by atoms with Crippen molar-refractivity contribution in [2.45, 2.75) is 25.9 Å². The van der Waals surface area contributed by atoms with E-state index in [1.165, 1.54) is 13.0 Å². The summed E-state index contributed by atoms with van der Waals surface area (Å²) in [6.45, 7) is 1.96. The Kier molecular flexibility index (Phi) is 3.68. The van der Waals surface area contributed by atoms with Crippen LogP contribution >= 0.6 is 0 Å². The molecule has 0 spiro atoms. The van der Waals surface area contributed by atoms with E-state index in [-0.39, 0.29) is 29.3 Å². The highest BCUT2D eigenvalue weighted by molar-refractivity contribution is 5.79. The molecule has 0 amide bonds. The number of Topliss-reactive ketones (excluding diaryl/α,β-unsaturated/α-hetero) is 1. The van der Waals surface area contributed by atoms with E-state index in [1.807, 2.05) is 0 Å². The molecule has 1 aromatic carbocycles. The van der Waals surface area contributed by atoms with E-state index in [0.29, 0.717) is 19.6 Å². The molecule has 1 heterocycles. The highest BCUT2D eigenvalue weighted by atomic mass is 19.4. The summed E-state index contributed by atoms with van der Waals surface area (Å²) in [7, 11) is 0. The number of benzene rings is 1. The van der Waals surface area contributed by atoms with Crippen LogP contribution in [0.15, 0.2) is 12.1 Å². The summed E-state index contributed by atoms with van der Waals surface area (Å²) >= 11 is 0. The maximum absolute atomic E-state index is 13.0. The molecule has 6 heteroatoms. The molecule has 0 unspecified atom stereocenters. The first-order valence-electron chi connectivity index (χ1n) is 5.87. The number of alkyl halides is 3. The highest BCUT2D eigenvalue weighted by Crippen LogP contribution is 2.40. The minimum Gasteiger partial charge on any atom is -0.490 e. The van der Waals surface area contributed by atoms with Gasteiger partial charge in [-0.15, -0.1) is 0 Å². The van der Waals surface area contributed by atoms with Crippen molar-refractivity contribution in [3.63, 3.8) is 0 Å². The maximum Gasteiger partial charge on any atom is 0.416 e. The second kappa shape index (κ2) is 5.11. The molecule has 0 saturated carbocycles. The molecule has 0 N–H and O–H groups in total. The lowest BCUT2D eigenvalue weighted by molar-refractivity contribution is -0.138. The Labute approximate surface area is 108 Å². The summed E-state index contributed by atoms with van der Waals surface area (Å²) in [5, 5.41) is 0. The summed E-state index contributed by atoms with van der Waals surface area (Å²) in [4.78, 5) is 11.1. The lowest BCUT2D eigenvalue weighted by atomic mass is 10.0. The van der Waals surface area contributed by atoms with Crippen molar-refractivity contribution in [1.82, 2.24) is 0 Å². The standard InChI is InChI=1S/C13H13F3O3/c1-8(17)5-9-6-11-12(19-4-2-3-18-11)7-10(9)13(14,15)16/h6-7H,2-5H2,1H3. The van der Waals surface area contributed by atoms with Gasteiger partial charge in [0.2, 0.25) is 0 Å². The third-order valence-corrected chi connectivity index (χ3v) is 2.72. The number of ether oxygens (including phenoxy) is 2. The fourth-order valence-corrected chi connectivity index (χ4v) is 1.93. The third-order valence-electron chi connectivity index (χ3n) is 2.72. The van der Waals surface area contributed by atoms with E-state index < -0.39 is 11.7 Å². The van der Waals surface area contributed by atoms with Gasteiger partial charge in [-0.25, -0.2) is 0 Å². The van der Waals surface area contributed by atoms with Crippen LogP contribution in [0.3, 0.4) is 0 Å². The van der Waals surface area contributed by atoms with Gasteiger partial charge in [-0.1, -0.05) is 0 Å². The minimum atomic E-state index is -4.52. The van der Waals surface area contributed by atoms with E-state index in [1.54, 1.807) is 0 Å². The van der Waals surface area contributed by atoms with Crippen LogP contribution < -0.4 is 9.47 Å². The third kappa shape index (κ3) is 3.19. The fraction of sp³-hybridized carbons (Fsp3) is 0.462. The first-order valence-corrected chi connectivity index (χ1v) is 5.87. The molecule has 0 aromatic heterocycles. The number of halogens is 3. The van der Waals surface area contributed by atoms with Crippen molar-refractivity contribution in [3.05, 3.63) is 23.3 Å². The molecule has 19 heavy (non-hydrogen) atoms. The van der Waals surface area contributed by atoms with Crippen molar-refractivity contribution in [2.75, 3.05) is 13.2 Å². The lowest BCUT2D eigenvalue weighted by Crippen LogP contribution is -2.12. The summed E-state index contributed by atoms with van der Waals surface area (Å²) in [5.74, 6) is 0.0128. The first kappa shape index (κ1) is 13.7.